The minimum absolute atomic E-state index is 0.0340. The molecule has 0 saturated carbocycles. The fourth-order valence-electron chi connectivity index (χ4n) is 4.03. The van der Waals surface area contributed by atoms with Crippen molar-refractivity contribution >= 4 is 39.2 Å². The number of amides is 1. The van der Waals surface area contributed by atoms with Crippen LogP contribution in [0.25, 0.3) is 15.9 Å². The van der Waals surface area contributed by atoms with E-state index in [4.69, 9.17) is 4.98 Å². The highest BCUT2D eigenvalue weighted by atomic mass is 32.2. The van der Waals surface area contributed by atoms with Gasteiger partial charge in [0.15, 0.2) is 5.16 Å². The number of thiophene rings is 1. The van der Waals surface area contributed by atoms with Gasteiger partial charge in [-0.2, -0.15) is 5.26 Å². The normalized spacial score (nSPS) is 17.4. The zero-order chi connectivity index (χ0) is 23.8. The summed E-state index contributed by atoms with van der Waals surface area (Å²) in [6, 6.07) is 11.6. The highest BCUT2D eigenvalue weighted by Crippen LogP contribution is 2.37. The number of benzene rings is 1. The average Bonchev–Trinajstić information content (AvgIpc) is 3.15. The third-order valence-corrected chi connectivity index (χ3v) is 8.52. The van der Waals surface area contributed by atoms with Crippen molar-refractivity contribution in [2.24, 2.45) is 11.8 Å². The number of nitrogens with one attached hydrogen (secondary N) is 1. The predicted molar refractivity (Wildman–Crippen MR) is 134 cm³/mol. The highest BCUT2D eigenvalue weighted by Gasteiger charge is 2.30. The van der Waals surface area contributed by atoms with Crippen LogP contribution in [0.2, 0.25) is 0 Å². The van der Waals surface area contributed by atoms with Crippen molar-refractivity contribution in [1.82, 2.24) is 14.9 Å². The molecule has 1 N–H and O–H groups in total. The molecule has 8 heteroatoms. The summed E-state index contributed by atoms with van der Waals surface area (Å²) in [4.78, 5) is 33.3. The number of nitrogens with zero attached hydrogens (tertiary/aromatic N) is 3. The molecule has 2 atom stereocenters. The lowest BCUT2D eigenvalue weighted by molar-refractivity contribution is -0.120. The molecule has 1 aromatic carbocycles. The van der Waals surface area contributed by atoms with Gasteiger partial charge in [-0.1, -0.05) is 50.7 Å². The zero-order valence-corrected chi connectivity index (χ0v) is 21.0. The standard InChI is InChI=1S/C25H28N4O2S2/c1-15(2)25(4,14-26)28-20(30)13-32-24-27-22-21(18-11-10-16(3)12-19(18)33-22)23(31)29(24)17-8-6-5-7-9-17/h5-9,15-16H,10-13H2,1-4H3,(H,28,30). The van der Waals surface area contributed by atoms with E-state index in [2.05, 4.69) is 18.3 Å². The molecule has 33 heavy (non-hydrogen) atoms. The predicted octanol–water partition coefficient (Wildman–Crippen LogP) is 4.72. The second-order valence-corrected chi connectivity index (χ2v) is 11.2. The molecule has 0 spiro atoms. The van der Waals surface area contributed by atoms with Crippen molar-refractivity contribution in [3.8, 4) is 11.8 Å². The van der Waals surface area contributed by atoms with E-state index in [0.29, 0.717) is 11.1 Å². The van der Waals surface area contributed by atoms with Gasteiger partial charge in [0.05, 0.1) is 22.9 Å². The number of rotatable bonds is 6. The molecule has 2 unspecified atom stereocenters. The first-order chi connectivity index (χ1) is 15.7. The number of aryl methyl sites for hydroxylation is 1. The number of fused-ring (bicyclic) bond motifs is 3. The van der Waals surface area contributed by atoms with E-state index >= 15 is 0 Å². The first-order valence-corrected chi connectivity index (χ1v) is 13.0. The van der Waals surface area contributed by atoms with Crippen LogP contribution in [0.3, 0.4) is 0 Å². The van der Waals surface area contributed by atoms with Crippen LogP contribution in [0, 0.1) is 23.2 Å². The van der Waals surface area contributed by atoms with Gasteiger partial charge in [-0.15, -0.1) is 11.3 Å². The van der Waals surface area contributed by atoms with Crippen molar-refractivity contribution < 1.29 is 4.79 Å². The lowest BCUT2D eigenvalue weighted by atomic mass is 9.89. The fraction of sp³-hybridized carbons (Fsp3) is 0.440. The van der Waals surface area contributed by atoms with Crippen molar-refractivity contribution in [2.75, 3.05) is 5.75 Å². The number of para-hydroxylation sites is 1. The maximum atomic E-state index is 13.7. The fourth-order valence-corrected chi connectivity index (χ4v) is 6.27. The third kappa shape index (κ3) is 4.57. The summed E-state index contributed by atoms with van der Waals surface area (Å²) in [7, 11) is 0. The van der Waals surface area contributed by atoms with E-state index in [9.17, 15) is 14.9 Å². The Labute approximate surface area is 202 Å². The van der Waals surface area contributed by atoms with Gasteiger partial charge in [0.2, 0.25) is 5.91 Å². The van der Waals surface area contributed by atoms with Crippen molar-refractivity contribution in [3.63, 3.8) is 0 Å². The lowest BCUT2D eigenvalue weighted by Crippen LogP contribution is -2.49. The quantitative estimate of drug-likeness (QED) is 0.407. The van der Waals surface area contributed by atoms with Gasteiger partial charge in [0.1, 0.15) is 10.4 Å². The molecule has 0 saturated heterocycles. The molecule has 0 radical (unpaired) electrons. The monoisotopic (exact) mass is 480 g/mol. The Balaban J connectivity index is 1.74. The molecule has 0 bridgehead atoms. The molecular formula is C25H28N4O2S2. The molecule has 6 nitrogen and oxygen atoms in total. The topological polar surface area (TPSA) is 87.8 Å². The third-order valence-electron chi connectivity index (χ3n) is 6.43. The summed E-state index contributed by atoms with van der Waals surface area (Å²) in [6.07, 6.45) is 2.96. The van der Waals surface area contributed by atoms with Crippen LogP contribution in [0.5, 0.6) is 0 Å². The number of hydrogen-bond donors (Lipinski definition) is 1. The Morgan fingerprint density at radius 3 is 2.79 bits per heavy atom. The minimum atomic E-state index is -0.947. The molecule has 2 aromatic heterocycles. The Hall–Kier alpha value is -2.63. The molecule has 0 fully saturated rings. The van der Waals surface area contributed by atoms with Crippen LogP contribution >= 0.6 is 23.1 Å². The summed E-state index contributed by atoms with van der Waals surface area (Å²) in [5, 5.41) is 13.6. The number of hydrogen-bond acceptors (Lipinski definition) is 6. The number of thioether (sulfide) groups is 1. The number of aromatic nitrogens is 2. The van der Waals surface area contributed by atoms with Gasteiger partial charge in [0.25, 0.3) is 5.56 Å². The van der Waals surface area contributed by atoms with E-state index < -0.39 is 5.54 Å². The zero-order valence-electron chi connectivity index (χ0n) is 19.3. The molecule has 2 heterocycles. The average molecular weight is 481 g/mol. The van der Waals surface area contributed by atoms with Gasteiger partial charge in [-0.25, -0.2) is 4.98 Å². The van der Waals surface area contributed by atoms with Gasteiger partial charge in [-0.3, -0.25) is 14.2 Å². The second-order valence-electron chi connectivity index (χ2n) is 9.21. The summed E-state index contributed by atoms with van der Waals surface area (Å²) in [5.74, 6) is 0.380. The maximum Gasteiger partial charge on any atom is 0.267 e. The first kappa shape index (κ1) is 23.5. The SMILES string of the molecule is CC1CCc2c(sc3nc(SCC(=O)NC(C)(C#N)C(C)C)n(-c4ccccc4)c(=O)c23)C1. The molecule has 172 valence electrons. The maximum absolute atomic E-state index is 13.7. The van der Waals surface area contributed by atoms with Gasteiger partial charge in [-0.05, 0) is 55.7 Å². The molecule has 3 aromatic rings. The Morgan fingerprint density at radius 2 is 2.12 bits per heavy atom. The summed E-state index contributed by atoms with van der Waals surface area (Å²) in [5.41, 5.74) is 0.849. The number of nitriles is 1. The van der Waals surface area contributed by atoms with Crippen LogP contribution in [0.4, 0.5) is 0 Å². The van der Waals surface area contributed by atoms with Crippen molar-refractivity contribution in [1.29, 1.82) is 5.26 Å². The van der Waals surface area contributed by atoms with Crippen LogP contribution in [0.1, 0.15) is 44.6 Å². The largest absolute Gasteiger partial charge is 0.337 e. The molecule has 1 aliphatic carbocycles. The van der Waals surface area contributed by atoms with Crippen LogP contribution in [0.15, 0.2) is 40.3 Å². The highest BCUT2D eigenvalue weighted by molar-refractivity contribution is 7.99. The smallest absolute Gasteiger partial charge is 0.267 e. The number of carbonyl (C=O) groups is 1. The van der Waals surface area contributed by atoms with E-state index in [1.165, 1.54) is 16.6 Å². The summed E-state index contributed by atoms with van der Waals surface area (Å²) in [6.45, 7) is 7.77. The van der Waals surface area contributed by atoms with Crippen molar-refractivity contribution in [3.05, 3.63) is 51.1 Å². The number of carbonyl (C=O) groups excluding carboxylic acids is 1. The van der Waals surface area contributed by atoms with E-state index in [-0.39, 0.29) is 23.1 Å². The second kappa shape index (κ2) is 9.32. The summed E-state index contributed by atoms with van der Waals surface area (Å²) >= 11 is 2.83. The molecule has 1 amide bonds. The van der Waals surface area contributed by atoms with Gasteiger partial charge >= 0.3 is 0 Å². The van der Waals surface area contributed by atoms with Crippen LogP contribution in [-0.4, -0.2) is 26.8 Å². The van der Waals surface area contributed by atoms with E-state index in [0.717, 1.165) is 40.7 Å². The lowest BCUT2D eigenvalue weighted by Gasteiger charge is -2.27. The molecular weight excluding hydrogens is 452 g/mol. The van der Waals surface area contributed by atoms with Gasteiger partial charge < -0.3 is 5.32 Å². The van der Waals surface area contributed by atoms with Crippen LogP contribution in [-0.2, 0) is 17.6 Å². The van der Waals surface area contributed by atoms with E-state index in [1.807, 2.05) is 44.2 Å². The molecule has 4 rings (SSSR count). The minimum Gasteiger partial charge on any atom is -0.337 e. The van der Waals surface area contributed by atoms with E-state index in [1.54, 1.807) is 22.8 Å². The summed E-state index contributed by atoms with van der Waals surface area (Å²) < 4.78 is 1.62. The molecule has 1 aliphatic rings. The Kier molecular flexibility index (Phi) is 6.64. The molecule has 0 aliphatic heterocycles. The van der Waals surface area contributed by atoms with Crippen LogP contribution < -0.4 is 10.9 Å². The Morgan fingerprint density at radius 1 is 1.39 bits per heavy atom. The Bertz CT molecular complexity index is 1290. The van der Waals surface area contributed by atoms with Gasteiger partial charge in [0, 0.05) is 4.88 Å². The first-order valence-electron chi connectivity index (χ1n) is 11.2. The van der Waals surface area contributed by atoms with Crippen molar-refractivity contribution in [2.45, 2.75) is 57.7 Å².